The Balaban J connectivity index is 1.88. The lowest BCUT2D eigenvalue weighted by atomic mass is 9.94. The zero-order valence-corrected chi connectivity index (χ0v) is 14.5. The molecule has 1 aliphatic heterocycles. The van der Waals surface area contributed by atoms with Crippen molar-refractivity contribution in [2.24, 2.45) is 17.6 Å². The average Bonchev–Trinajstić information content (AvgIpc) is 3.10. The normalized spacial score (nSPS) is 29.4. The highest BCUT2D eigenvalue weighted by Gasteiger charge is 2.35. The van der Waals surface area contributed by atoms with Gasteiger partial charge in [-0.3, -0.25) is 9.59 Å². The molecule has 1 saturated carbocycles. The van der Waals surface area contributed by atoms with E-state index in [4.69, 9.17) is 5.73 Å². The molecule has 2 amide bonds. The fourth-order valence-corrected chi connectivity index (χ4v) is 5.25. The first-order valence-electron chi connectivity index (χ1n) is 8.35. The van der Waals surface area contributed by atoms with Crippen LogP contribution in [0.2, 0.25) is 0 Å². The number of amides is 2. The van der Waals surface area contributed by atoms with Crippen LogP contribution in [0.4, 0.5) is 0 Å². The van der Waals surface area contributed by atoms with Crippen molar-refractivity contribution in [3.05, 3.63) is 0 Å². The van der Waals surface area contributed by atoms with Crippen LogP contribution in [0.1, 0.15) is 32.6 Å². The van der Waals surface area contributed by atoms with Gasteiger partial charge in [0.1, 0.15) is 0 Å². The molecule has 1 unspecified atom stereocenters. The van der Waals surface area contributed by atoms with Crippen LogP contribution in [0.25, 0.3) is 0 Å². The van der Waals surface area contributed by atoms with Crippen molar-refractivity contribution in [3.63, 3.8) is 0 Å². The van der Waals surface area contributed by atoms with E-state index in [1.807, 2.05) is 6.92 Å². The van der Waals surface area contributed by atoms with E-state index in [9.17, 15) is 18.0 Å². The van der Waals surface area contributed by atoms with Crippen LogP contribution >= 0.6 is 0 Å². The number of sulfone groups is 1. The molecule has 2 fully saturated rings. The molecule has 3 N–H and O–H groups in total. The second-order valence-electron chi connectivity index (χ2n) is 6.55. The largest absolute Gasteiger partial charge is 0.351 e. The van der Waals surface area contributed by atoms with Crippen molar-refractivity contribution in [3.8, 4) is 0 Å². The Bertz CT molecular complexity index is 549. The van der Waals surface area contributed by atoms with Crippen LogP contribution in [0.3, 0.4) is 0 Å². The fraction of sp³-hybridized carbons (Fsp3) is 0.867. The Labute approximate surface area is 137 Å². The maximum absolute atomic E-state index is 12.6. The summed E-state index contributed by atoms with van der Waals surface area (Å²) < 4.78 is 22.8. The van der Waals surface area contributed by atoms with Crippen LogP contribution in [-0.2, 0) is 19.4 Å². The average molecular weight is 345 g/mol. The van der Waals surface area contributed by atoms with Gasteiger partial charge in [0.2, 0.25) is 11.8 Å². The molecule has 7 nitrogen and oxygen atoms in total. The number of carbonyl (C=O) groups is 2. The van der Waals surface area contributed by atoms with Gasteiger partial charge in [-0.05, 0) is 38.6 Å². The molecule has 132 valence electrons. The van der Waals surface area contributed by atoms with E-state index in [0.717, 1.165) is 19.3 Å². The molecule has 0 aromatic carbocycles. The van der Waals surface area contributed by atoms with E-state index in [2.05, 4.69) is 5.32 Å². The van der Waals surface area contributed by atoms with E-state index in [0.29, 0.717) is 19.5 Å². The molecule has 3 atom stereocenters. The highest BCUT2D eigenvalue weighted by molar-refractivity contribution is 7.91. The maximum Gasteiger partial charge on any atom is 0.239 e. The van der Waals surface area contributed by atoms with Crippen LogP contribution in [-0.4, -0.2) is 62.3 Å². The first-order chi connectivity index (χ1) is 10.9. The molecule has 0 bridgehead atoms. The number of hydrogen-bond donors (Lipinski definition) is 2. The zero-order valence-electron chi connectivity index (χ0n) is 13.7. The van der Waals surface area contributed by atoms with Gasteiger partial charge in [-0.15, -0.1) is 0 Å². The van der Waals surface area contributed by atoms with E-state index < -0.39 is 9.84 Å². The van der Waals surface area contributed by atoms with Crippen molar-refractivity contribution >= 4 is 21.7 Å². The van der Waals surface area contributed by atoms with Gasteiger partial charge in [-0.25, -0.2) is 8.42 Å². The molecule has 2 aliphatic rings. The number of hydrogen-bond acceptors (Lipinski definition) is 5. The predicted molar refractivity (Wildman–Crippen MR) is 87.3 cm³/mol. The smallest absolute Gasteiger partial charge is 0.239 e. The molecule has 0 spiro atoms. The Morgan fingerprint density at radius 3 is 2.57 bits per heavy atom. The van der Waals surface area contributed by atoms with E-state index >= 15 is 0 Å². The second kappa shape index (κ2) is 7.61. The molecular formula is C15H27N3O4S. The third-order valence-electron chi connectivity index (χ3n) is 4.90. The predicted octanol–water partition coefficient (Wildman–Crippen LogP) is -0.487. The lowest BCUT2D eigenvalue weighted by molar-refractivity contribution is -0.140. The molecule has 1 aliphatic carbocycles. The topological polar surface area (TPSA) is 110 Å². The zero-order chi connectivity index (χ0) is 17.0. The Hall–Kier alpha value is -1.15. The summed E-state index contributed by atoms with van der Waals surface area (Å²) in [6.07, 6.45) is 3.25. The van der Waals surface area contributed by atoms with Gasteiger partial charge in [0.25, 0.3) is 0 Å². The Morgan fingerprint density at radius 1 is 1.26 bits per heavy atom. The molecule has 1 saturated heterocycles. The second-order valence-corrected chi connectivity index (χ2v) is 8.78. The standard InChI is InChI=1S/C15H27N3O4S/c1-2-18(15(20)13-5-3-4-11(13)8-16)9-14(19)17-12-6-7-23(21,22)10-12/h11-13H,2-10,16H2,1H3,(H,17,19)/t11-,12?,13-/m1/s1. The van der Waals surface area contributed by atoms with E-state index in [1.54, 1.807) is 4.90 Å². The fourth-order valence-electron chi connectivity index (χ4n) is 3.58. The first kappa shape index (κ1) is 18.2. The van der Waals surface area contributed by atoms with E-state index in [1.165, 1.54) is 0 Å². The van der Waals surface area contributed by atoms with Crippen LogP contribution in [0.5, 0.6) is 0 Å². The maximum atomic E-state index is 12.6. The number of nitrogens with two attached hydrogens (primary N) is 1. The van der Waals surface area contributed by atoms with Crippen LogP contribution < -0.4 is 11.1 Å². The summed E-state index contributed by atoms with van der Waals surface area (Å²) in [5.41, 5.74) is 5.73. The third-order valence-corrected chi connectivity index (χ3v) is 6.67. The summed E-state index contributed by atoms with van der Waals surface area (Å²) >= 11 is 0. The summed E-state index contributed by atoms with van der Waals surface area (Å²) in [5.74, 6) is -0.0517. The van der Waals surface area contributed by atoms with Gasteiger partial charge in [0.15, 0.2) is 9.84 Å². The van der Waals surface area contributed by atoms with E-state index in [-0.39, 0.29) is 47.7 Å². The summed E-state index contributed by atoms with van der Waals surface area (Å²) in [7, 11) is -3.02. The minimum absolute atomic E-state index is 0.00329. The molecule has 2 rings (SSSR count). The van der Waals surface area contributed by atoms with Crippen molar-refractivity contribution < 1.29 is 18.0 Å². The number of nitrogens with one attached hydrogen (secondary N) is 1. The van der Waals surface area contributed by atoms with Gasteiger partial charge in [0, 0.05) is 18.5 Å². The summed E-state index contributed by atoms with van der Waals surface area (Å²) in [5, 5.41) is 2.73. The van der Waals surface area contributed by atoms with Gasteiger partial charge >= 0.3 is 0 Å². The van der Waals surface area contributed by atoms with Gasteiger partial charge in [-0.1, -0.05) is 6.42 Å². The molecule has 1 heterocycles. The minimum atomic E-state index is -3.02. The van der Waals surface area contributed by atoms with Crippen LogP contribution in [0, 0.1) is 11.8 Å². The molecule has 0 radical (unpaired) electrons. The van der Waals surface area contributed by atoms with Gasteiger partial charge < -0.3 is 16.0 Å². The van der Waals surface area contributed by atoms with Crippen molar-refractivity contribution in [2.75, 3.05) is 31.1 Å². The quantitative estimate of drug-likeness (QED) is 0.675. The summed E-state index contributed by atoms with van der Waals surface area (Å²) in [6, 6.07) is -0.329. The lowest BCUT2D eigenvalue weighted by Crippen LogP contribution is -2.47. The number of likely N-dealkylation sites (N-methyl/N-ethyl adjacent to an activating group) is 1. The summed E-state index contributed by atoms with van der Waals surface area (Å²) in [4.78, 5) is 26.3. The highest BCUT2D eigenvalue weighted by Crippen LogP contribution is 2.32. The third kappa shape index (κ3) is 4.67. The number of rotatable bonds is 6. The first-order valence-corrected chi connectivity index (χ1v) is 10.2. The molecule has 0 aromatic rings. The number of carbonyl (C=O) groups excluding carboxylic acids is 2. The van der Waals surface area contributed by atoms with Crippen LogP contribution in [0.15, 0.2) is 0 Å². The van der Waals surface area contributed by atoms with Gasteiger partial charge in [-0.2, -0.15) is 0 Å². The highest BCUT2D eigenvalue weighted by atomic mass is 32.2. The summed E-state index contributed by atoms with van der Waals surface area (Å²) in [6.45, 7) is 2.79. The SMILES string of the molecule is CCN(CC(=O)NC1CCS(=O)(=O)C1)C(=O)[C@@H]1CCC[C@@H]1CN. The van der Waals surface area contributed by atoms with Crippen molar-refractivity contribution in [1.82, 2.24) is 10.2 Å². The lowest BCUT2D eigenvalue weighted by Gasteiger charge is -2.27. The monoisotopic (exact) mass is 345 g/mol. The van der Waals surface area contributed by atoms with Gasteiger partial charge in [0.05, 0.1) is 18.1 Å². The van der Waals surface area contributed by atoms with Crippen molar-refractivity contribution in [1.29, 1.82) is 0 Å². The molecule has 0 aromatic heterocycles. The Morgan fingerprint density at radius 2 is 2.00 bits per heavy atom. The minimum Gasteiger partial charge on any atom is -0.351 e. The molecular weight excluding hydrogens is 318 g/mol. The van der Waals surface area contributed by atoms with Crippen molar-refractivity contribution in [2.45, 2.75) is 38.6 Å². The number of nitrogens with zero attached hydrogens (tertiary/aromatic N) is 1. The molecule has 8 heteroatoms. The molecule has 23 heavy (non-hydrogen) atoms. The Kier molecular flexibility index (Phi) is 6.02.